The van der Waals surface area contributed by atoms with Gasteiger partial charge in [0, 0.05) is 0 Å². The van der Waals surface area contributed by atoms with Crippen molar-refractivity contribution >= 4 is 45.1 Å². The van der Waals surface area contributed by atoms with E-state index in [1.54, 1.807) is 11.0 Å². The van der Waals surface area contributed by atoms with Crippen molar-refractivity contribution in [3.8, 4) is 0 Å². The molecule has 0 fully saturated rings. The van der Waals surface area contributed by atoms with Crippen LogP contribution in [0.15, 0.2) is 0 Å². The number of hydroxylamine groups is 2. The zero-order valence-electron chi connectivity index (χ0n) is 6.01. The van der Waals surface area contributed by atoms with Gasteiger partial charge in [0.25, 0.3) is 0 Å². The van der Waals surface area contributed by atoms with Crippen LogP contribution in [0, 0.1) is 0 Å². The van der Waals surface area contributed by atoms with Crippen LogP contribution in [0.5, 0.6) is 0 Å². The van der Waals surface area contributed by atoms with E-state index in [2.05, 4.69) is 33.0 Å². The van der Waals surface area contributed by atoms with Crippen molar-refractivity contribution in [2.75, 3.05) is 0 Å². The molecule has 0 aliphatic carbocycles. The molecule has 0 atom stereocenters. The molecule has 8 nitrogen and oxygen atoms in total. The third-order valence-corrected chi connectivity index (χ3v) is 1.23. The molecule has 0 bridgehead atoms. The highest BCUT2D eigenvalue weighted by atomic mass is 32.3. The van der Waals surface area contributed by atoms with Crippen LogP contribution in [0.2, 0.25) is 0 Å². The van der Waals surface area contributed by atoms with E-state index in [1.807, 2.05) is 0 Å². The molecule has 0 saturated carbocycles. The van der Waals surface area contributed by atoms with Gasteiger partial charge in [-0.2, -0.15) is 8.42 Å². The fourth-order valence-electron chi connectivity index (χ4n) is 0.201. The molecule has 0 radical (unpaired) electrons. The van der Waals surface area contributed by atoms with E-state index in [9.17, 15) is 8.42 Å². The molecule has 76 valence electrons. The maximum Gasteiger partial charge on any atom is 0.442 e. The van der Waals surface area contributed by atoms with Gasteiger partial charge < -0.3 is 11.5 Å². The van der Waals surface area contributed by atoms with Gasteiger partial charge in [0.2, 0.25) is 0 Å². The van der Waals surface area contributed by atoms with Gasteiger partial charge in [0.1, 0.15) is 0 Å². The van der Waals surface area contributed by atoms with Crippen LogP contribution in [-0.4, -0.2) is 18.6 Å². The molecule has 0 aromatic rings. The van der Waals surface area contributed by atoms with E-state index < -0.39 is 10.4 Å². The minimum Gasteiger partial charge on any atom is -0.375 e. The highest BCUT2D eigenvalue weighted by Crippen LogP contribution is 1.88. The zero-order chi connectivity index (χ0) is 10.5. The molecule has 6 N–H and O–H groups in total. The van der Waals surface area contributed by atoms with E-state index in [-0.39, 0.29) is 10.2 Å². The average Bonchev–Trinajstić information content (AvgIpc) is 1.98. The van der Waals surface area contributed by atoms with E-state index in [4.69, 9.17) is 11.5 Å². The molecule has 0 aromatic carbocycles. The summed E-state index contributed by atoms with van der Waals surface area (Å²) < 4.78 is 29.1. The maximum atomic E-state index is 10.6. The standard InChI is InChI=1S/C2H6N4O4S3/c3-1(11)5-9-13(7,8)10-6-2(4)12/h(H3,3,5,11)(H3,4,6,12). The SMILES string of the molecule is NC(=S)NOS(=O)(=O)ONC(N)=S. The van der Waals surface area contributed by atoms with Gasteiger partial charge in [-0.15, -0.1) is 8.57 Å². The predicted octanol–water partition coefficient (Wildman–Crippen LogP) is -2.24. The van der Waals surface area contributed by atoms with Crippen molar-refractivity contribution < 1.29 is 17.0 Å². The van der Waals surface area contributed by atoms with Crippen LogP contribution >= 0.6 is 24.4 Å². The molecule has 11 heteroatoms. The highest BCUT2D eigenvalue weighted by Gasteiger charge is 2.13. The summed E-state index contributed by atoms with van der Waals surface area (Å²) in [5, 5.41) is -0.745. The second kappa shape index (κ2) is 5.08. The maximum absolute atomic E-state index is 10.6. The van der Waals surface area contributed by atoms with Crippen molar-refractivity contribution in [1.82, 2.24) is 11.0 Å². The Morgan fingerprint density at radius 3 is 1.62 bits per heavy atom. The molecule has 0 rings (SSSR count). The van der Waals surface area contributed by atoms with Crippen LogP contribution in [0.1, 0.15) is 0 Å². The minimum atomic E-state index is -4.33. The Morgan fingerprint density at radius 1 is 1.08 bits per heavy atom. The Bertz CT molecular complexity index is 275. The summed E-state index contributed by atoms with van der Waals surface area (Å²) in [6.45, 7) is 0. The van der Waals surface area contributed by atoms with Crippen LogP contribution in [0.4, 0.5) is 0 Å². The average molecular weight is 246 g/mol. The summed E-state index contributed by atoms with van der Waals surface area (Å²) in [7, 11) is -4.33. The quantitative estimate of drug-likeness (QED) is 0.319. The van der Waals surface area contributed by atoms with Gasteiger partial charge in [0.05, 0.1) is 0 Å². The van der Waals surface area contributed by atoms with Gasteiger partial charge in [0.15, 0.2) is 10.2 Å². The lowest BCUT2D eigenvalue weighted by Crippen LogP contribution is -2.37. The van der Waals surface area contributed by atoms with Gasteiger partial charge in [-0.05, 0) is 24.4 Å². The van der Waals surface area contributed by atoms with Crippen LogP contribution in [0.3, 0.4) is 0 Å². The summed E-state index contributed by atoms with van der Waals surface area (Å²) in [6.07, 6.45) is 0. The van der Waals surface area contributed by atoms with E-state index in [1.165, 1.54) is 0 Å². The number of hydrogen-bond donors (Lipinski definition) is 4. The molecule has 0 spiro atoms. The molecule has 0 aromatic heterocycles. The first kappa shape index (κ1) is 12.2. The fourth-order valence-corrected chi connectivity index (χ4v) is 0.808. The van der Waals surface area contributed by atoms with E-state index in [0.29, 0.717) is 0 Å². The molecule has 13 heavy (non-hydrogen) atoms. The number of thiocarbonyl (C=S) groups is 2. The molecule has 0 saturated heterocycles. The van der Waals surface area contributed by atoms with Crippen molar-refractivity contribution in [1.29, 1.82) is 0 Å². The predicted molar refractivity (Wildman–Crippen MR) is 50.9 cm³/mol. The summed E-state index contributed by atoms with van der Waals surface area (Å²) >= 11 is 8.50. The van der Waals surface area contributed by atoms with Crippen LogP contribution < -0.4 is 22.4 Å². The molecule has 0 aliphatic heterocycles. The second-order valence-corrected chi connectivity index (χ2v) is 3.54. The molecular formula is C2H6N4O4S3. The van der Waals surface area contributed by atoms with Crippen molar-refractivity contribution in [2.45, 2.75) is 0 Å². The Morgan fingerprint density at radius 2 is 1.38 bits per heavy atom. The zero-order valence-corrected chi connectivity index (χ0v) is 8.46. The molecule has 0 amide bonds. The number of nitrogens with one attached hydrogen (secondary N) is 2. The fraction of sp³-hybridized carbons (Fsp3) is 0. The lowest BCUT2D eigenvalue weighted by Gasteiger charge is -2.05. The van der Waals surface area contributed by atoms with Gasteiger partial charge in [-0.25, -0.2) is 11.0 Å². The lowest BCUT2D eigenvalue weighted by atomic mass is 11.2. The monoisotopic (exact) mass is 246 g/mol. The first-order chi connectivity index (χ1) is 5.83. The summed E-state index contributed by atoms with van der Waals surface area (Å²) in [6, 6.07) is 0. The van der Waals surface area contributed by atoms with Gasteiger partial charge in [-0.1, -0.05) is 0 Å². The molecular weight excluding hydrogens is 240 g/mol. The largest absolute Gasteiger partial charge is 0.442 e. The Kier molecular flexibility index (Phi) is 4.79. The Hall–Kier alpha value is -0.750. The third-order valence-electron chi connectivity index (χ3n) is 0.489. The Balaban J connectivity index is 3.95. The molecule has 0 unspecified atom stereocenters. The highest BCUT2D eigenvalue weighted by molar-refractivity contribution is 7.82. The first-order valence-electron chi connectivity index (χ1n) is 2.56. The number of rotatable bonds is 4. The number of nitrogens with two attached hydrogens (primary N) is 2. The van der Waals surface area contributed by atoms with Crippen LogP contribution in [-0.2, 0) is 19.0 Å². The van der Waals surface area contributed by atoms with Gasteiger partial charge >= 0.3 is 10.4 Å². The lowest BCUT2D eigenvalue weighted by molar-refractivity contribution is 0.165. The second-order valence-electron chi connectivity index (χ2n) is 1.51. The summed E-state index contributed by atoms with van der Waals surface area (Å²) in [4.78, 5) is 0. The third kappa shape index (κ3) is 7.61. The van der Waals surface area contributed by atoms with Crippen molar-refractivity contribution in [3.05, 3.63) is 0 Å². The van der Waals surface area contributed by atoms with Gasteiger partial charge in [-0.3, -0.25) is 0 Å². The minimum absolute atomic E-state index is 0.373. The van der Waals surface area contributed by atoms with Crippen molar-refractivity contribution in [2.24, 2.45) is 11.5 Å². The van der Waals surface area contributed by atoms with E-state index in [0.717, 1.165) is 0 Å². The molecule has 0 heterocycles. The number of hydrogen-bond acceptors (Lipinski definition) is 6. The topological polar surface area (TPSA) is 129 Å². The van der Waals surface area contributed by atoms with Crippen LogP contribution in [0.25, 0.3) is 0 Å². The summed E-state index contributed by atoms with van der Waals surface area (Å²) in [5.41, 5.74) is 13.1. The molecule has 0 aliphatic rings. The Labute approximate surface area is 84.8 Å². The normalized spacial score (nSPS) is 10.5. The smallest absolute Gasteiger partial charge is 0.375 e. The first-order valence-corrected chi connectivity index (χ1v) is 4.71. The summed E-state index contributed by atoms with van der Waals surface area (Å²) in [5.74, 6) is 0. The van der Waals surface area contributed by atoms with Crippen molar-refractivity contribution in [3.63, 3.8) is 0 Å². The van der Waals surface area contributed by atoms with E-state index >= 15 is 0 Å².